The fourth-order valence-corrected chi connectivity index (χ4v) is 4.99. The lowest BCUT2D eigenvalue weighted by Crippen LogP contribution is -2.48. The van der Waals surface area contributed by atoms with Gasteiger partial charge in [-0.25, -0.2) is 4.99 Å². The average molecular weight is 427 g/mol. The number of anilines is 1. The third-order valence-electron chi connectivity index (χ3n) is 6.85. The summed E-state index contributed by atoms with van der Waals surface area (Å²) in [6.07, 6.45) is 11.4. The molecule has 8 nitrogen and oxygen atoms in total. The fraction of sp³-hybridized carbons (Fsp3) is 0.696. The van der Waals surface area contributed by atoms with Crippen molar-refractivity contribution in [1.82, 2.24) is 20.4 Å². The van der Waals surface area contributed by atoms with Crippen molar-refractivity contribution in [3.8, 4) is 0 Å². The molecule has 0 aromatic carbocycles. The maximum Gasteiger partial charge on any atom is 0.324 e. The number of piperidine rings is 1. The highest BCUT2D eigenvalue weighted by Gasteiger charge is 2.42. The van der Waals surface area contributed by atoms with Crippen molar-refractivity contribution >= 4 is 11.9 Å². The van der Waals surface area contributed by atoms with E-state index in [1.807, 2.05) is 6.20 Å². The molecule has 1 atom stereocenters. The molecule has 4 aliphatic rings. The van der Waals surface area contributed by atoms with Crippen LogP contribution >= 0.6 is 0 Å². The number of fused-ring (bicyclic) bond motifs is 1. The van der Waals surface area contributed by atoms with Gasteiger partial charge >= 0.3 is 6.01 Å². The van der Waals surface area contributed by atoms with E-state index in [1.165, 1.54) is 0 Å². The number of nitrogens with one attached hydrogen (secondary N) is 1. The summed E-state index contributed by atoms with van der Waals surface area (Å²) in [6.45, 7) is 10.1. The highest BCUT2D eigenvalue weighted by molar-refractivity contribution is 5.93. The van der Waals surface area contributed by atoms with Crippen LogP contribution in [0, 0.1) is 11.8 Å². The number of hydrogen-bond donors (Lipinski definition) is 1. The zero-order valence-electron chi connectivity index (χ0n) is 18.7. The molecular formula is C23H34N6O2. The number of aromatic nitrogens is 2. The fourth-order valence-electron chi connectivity index (χ4n) is 4.99. The molecule has 5 heterocycles. The van der Waals surface area contributed by atoms with Crippen molar-refractivity contribution in [2.24, 2.45) is 16.8 Å². The number of nitrogens with zero attached hydrogens (tertiary/aromatic N) is 5. The SMILES string of the molecule is CC(C)Cc1noc(N2CCC3(CCC4C=CC(N5CCNCC5)=NC=C4O3)CC2)n1. The maximum absolute atomic E-state index is 6.66. The Morgan fingerprint density at radius 3 is 2.71 bits per heavy atom. The first-order chi connectivity index (χ1) is 15.1. The Labute approximate surface area is 184 Å². The predicted octanol–water partition coefficient (Wildman–Crippen LogP) is 2.75. The molecule has 31 heavy (non-hydrogen) atoms. The lowest BCUT2D eigenvalue weighted by molar-refractivity contribution is -0.0615. The minimum Gasteiger partial charge on any atom is -0.489 e. The van der Waals surface area contributed by atoms with Crippen LogP contribution in [0.2, 0.25) is 0 Å². The number of ether oxygens (including phenoxy) is 1. The predicted molar refractivity (Wildman–Crippen MR) is 120 cm³/mol. The molecule has 1 N–H and O–H groups in total. The first-order valence-electron chi connectivity index (χ1n) is 11.8. The molecule has 0 aliphatic carbocycles. The topological polar surface area (TPSA) is 79.0 Å². The van der Waals surface area contributed by atoms with Crippen molar-refractivity contribution in [3.05, 3.63) is 29.9 Å². The van der Waals surface area contributed by atoms with Gasteiger partial charge in [-0.05, 0) is 24.8 Å². The molecule has 3 saturated heterocycles. The second kappa shape index (κ2) is 8.65. The maximum atomic E-state index is 6.66. The smallest absolute Gasteiger partial charge is 0.324 e. The van der Waals surface area contributed by atoms with Crippen LogP contribution in [0.5, 0.6) is 0 Å². The van der Waals surface area contributed by atoms with Crippen LogP contribution in [0.15, 0.2) is 33.6 Å². The van der Waals surface area contributed by atoms with Crippen molar-refractivity contribution in [2.75, 3.05) is 44.2 Å². The first kappa shape index (κ1) is 20.5. The summed E-state index contributed by atoms with van der Waals surface area (Å²) >= 11 is 0. The highest BCUT2D eigenvalue weighted by atomic mass is 16.5. The Kier molecular flexibility index (Phi) is 5.73. The van der Waals surface area contributed by atoms with Gasteiger partial charge in [-0.15, -0.1) is 0 Å². The largest absolute Gasteiger partial charge is 0.489 e. The molecule has 8 heteroatoms. The minimum absolute atomic E-state index is 0.0947. The lowest BCUT2D eigenvalue weighted by Gasteiger charge is -2.45. The second-order valence-electron chi connectivity index (χ2n) is 9.62. The summed E-state index contributed by atoms with van der Waals surface area (Å²) in [6, 6.07) is 0.654. The van der Waals surface area contributed by atoms with Crippen LogP contribution in [0.4, 0.5) is 6.01 Å². The van der Waals surface area contributed by atoms with Gasteiger partial charge in [-0.3, -0.25) is 0 Å². The molecular weight excluding hydrogens is 392 g/mol. The van der Waals surface area contributed by atoms with Crippen molar-refractivity contribution in [1.29, 1.82) is 0 Å². The van der Waals surface area contributed by atoms with Gasteiger partial charge in [0.05, 0.1) is 6.20 Å². The van der Waals surface area contributed by atoms with Crippen LogP contribution < -0.4 is 10.2 Å². The van der Waals surface area contributed by atoms with Gasteiger partial charge in [0.15, 0.2) is 5.82 Å². The van der Waals surface area contributed by atoms with Crippen LogP contribution in [0.1, 0.15) is 45.4 Å². The van der Waals surface area contributed by atoms with Crippen LogP contribution in [0.25, 0.3) is 0 Å². The standard InChI is InChI=1S/C23H34N6O2/c1-17(2)15-20-26-22(31-27-20)29-11-7-23(8-12-29)6-5-18-3-4-21(25-16-19(18)30-23)28-13-9-24-10-14-28/h3-4,16-18,24H,5-15H2,1-2H3. The number of allylic oxidation sites excluding steroid dienone is 1. The Hall–Kier alpha value is -2.35. The molecule has 4 aliphatic heterocycles. The van der Waals surface area contributed by atoms with Gasteiger partial charge in [0.2, 0.25) is 0 Å². The monoisotopic (exact) mass is 426 g/mol. The summed E-state index contributed by atoms with van der Waals surface area (Å²) in [4.78, 5) is 14.0. The Bertz CT molecular complexity index is 859. The van der Waals surface area contributed by atoms with E-state index in [0.29, 0.717) is 17.9 Å². The molecule has 1 aromatic rings. The van der Waals surface area contributed by atoms with E-state index in [9.17, 15) is 0 Å². The summed E-state index contributed by atoms with van der Waals surface area (Å²) in [5.74, 6) is 3.75. The molecule has 1 spiro atoms. The molecule has 1 aromatic heterocycles. The van der Waals surface area contributed by atoms with Crippen molar-refractivity contribution < 1.29 is 9.26 Å². The normalized spacial score (nSPS) is 25.7. The van der Waals surface area contributed by atoms with Gasteiger partial charge < -0.3 is 24.4 Å². The Morgan fingerprint density at radius 2 is 1.94 bits per heavy atom. The highest BCUT2D eigenvalue weighted by Crippen LogP contribution is 2.43. The van der Waals surface area contributed by atoms with Gasteiger partial charge in [0.1, 0.15) is 17.2 Å². The Morgan fingerprint density at radius 1 is 1.13 bits per heavy atom. The summed E-state index contributed by atoms with van der Waals surface area (Å²) in [5.41, 5.74) is -0.0947. The third-order valence-corrected chi connectivity index (χ3v) is 6.85. The molecule has 0 saturated carbocycles. The minimum atomic E-state index is -0.0947. The zero-order valence-corrected chi connectivity index (χ0v) is 18.7. The van der Waals surface area contributed by atoms with Gasteiger partial charge in [-0.2, -0.15) is 4.98 Å². The quantitative estimate of drug-likeness (QED) is 0.796. The van der Waals surface area contributed by atoms with E-state index in [-0.39, 0.29) is 5.60 Å². The molecule has 0 radical (unpaired) electrons. The van der Waals surface area contributed by atoms with Crippen LogP contribution in [0.3, 0.4) is 0 Å². The molecule has 3 fully saturated rings. The summed E-state index contributed by atoms with van der Waals surface area (Å²) in [5, 5.41) is 7.55. The number of rotatable bonds is 3. The number of hydrogen-bond acceptors (Lipinski definition) is 8. The average Bonchev–Trinajstić information content (AvgIpc) is 3.13. The molecule has 0 bridgehead atoms. The molecule has 0 amide bonds. The summed E-state index contributed by atoms with van der Waals surface area (Å²) in [7, 11) is 0. The number of amidine groups is 1. The molecule has 168 valence electrons. The zero-order chi connectivity index (χ0) is 21.3. The summed E-state index contributed by atoms with van der Waals surface area (Å²) < 4.78 is 12.2. The van der Waals surface area contributed by atoms with E-state index in [1.54, 1.807) is 0 Å². The third kappa shape index (κ3) is 4.49. The molecule has 1 unspecified atom stereocenters. The first-order valence-corrected chi connectivity index (χ1v) is 11.8. The van der Waals surface area contributed by atoms with Crippen LogP contribution in [-0.4, -0.2) is 65.7 Å². The van der Waals surface area contributed by atoms with Crippen molar-refractivity contribution in [2.45, 2.75) is 51.6 Å². The van der Waals surface area contributed by atoms with Crippen molar-refractivity contribution in [3.63, 3.8) is 0 Å². The Balaban J connectivity index is 1.23. The number of piperazine rings is 1. The van der Waals surface area contributed by atoms with E-state index in [2.05, 4.69) is 51.3 Å². The number of aliphatic imine (C=N–C) groups is 1. The van der Waals surface area contributed by atoms with E-state index < -0.39 is 0 Å². The van der Waals surface area contributed by atoms with E-state index in [4.69, 9.17) is 14.3 Å². The van der Waals surface area contributed by atoms with Gasteiger partial charge in [0, 0.05) is 64.4 Å². The van der Waals surface area contributed by atoms with Gasteiger partial charge in [0.25, 0.3) is 0 Å². The lowest BCUT2D eigenvalue weighted by atomic mass is 9.81. The van der Waals surface area contributed by atoms with Gasteiger partial charge in [-0.1, -0.05) is 25.1 Å². The molecule has 5 rings (SSSR count). The van der Waals surface area contributed by atoms with E-state index in [0.717, 1.165) is 88.8 Å². The second-order valence-corrected chi connectivity index (χ2v) is 9.62. The van der Waals surface area contributed by atoms with Crippen LogP contribution in [-0.2, 0) is 11.2 Å². The van der Waals surface area contributed by atoms with E-state index >= 15 is 0 Å².